The molecule has 1 saturated heterocycles. The summed E-state index contributed by atoms with van der Waals surface area (Å²) in [5.41, 5.74) is 1.29. The molecule has 0 N–H and O–H groups in total. The van der Waals surface area contributed by atoms with Crippen LogP contribution < -0.4 is 4.90 Å². The van der Waals surface area contributed by atoms with Crippen LogP contribution in [0.1, 0.15) is 29.5 Å². The molecule has 0 aromatic heterocycles. The highest BCUT2D eigenvalue weighted by molar-refractivity contribution is 5.61. The van der Waals surface area contributed by atoms with E-state index in [0.29, 0.717) is 30.3 Å². The fraction of sp³-hybridized carbons (Fsp3) is 0.350. The van der Waals surface area contributed by atoms with Gasteiger partial charge in [-0.15, -0.1) is 0 Å². The van der Waals surface area contributed by atoms with Crippen LogP contribution in [0, 0.1) is 17.2 Å². The number of halogens is 3. The first-order valence-corrected chi connectivity index (χ1v) is 8.37. The molecule has 1 aliphatic rings. The van der Waals surface area contributed by atoms with Crippen molar-refractivity contribution in [1.82, 2.24) is 0 Å². The van der Waals surface area contributed by atoms with Gasteiger partial charge < -0.3 is 4.90 Å². The molecule has 2 nitrogen and oxygen atoms in total. The zero-order valence-electron chi connectivity index (χ0n) is 13.8. The lowest BCUT2D eigenvalue weighted by Crippen LogP contribution is -2.35. The van der Waals surface area contributed by atoms with Crippen LogP contribution in [-0.4, -0.2) is 13.1 Å². The zero-order chi connectivity index (χ0) is 17.9. The maximum absolute atomic E-state index is 13.0. The van der Waals surface area contributed by atoms with Crippen LogP contribution in [-0.2, 0) is 12.6 Å². The normalized spacial score (nSPS) is 15.8. The summed E-state index contributed by atoms with van der Waals surface area (Å²) >= 11 is 0. The van der Waals surface area contributed by atoms with E-state index in [1.54, 1.807) is 0 Å². The van der Waals surface area contributed by atoms with Crippen molar-refractivity contribution in [2.24, 2.45) is 5.92 Å². The van der Waals surface area contributed by atoms with Gasteiger partial charge in [0.05, 0.1) is 16.8 Å². The lowest BCUT2D eigenvalue weighted by atomic mass is 9.89. The maximum atomic E-state index is 13.0. The molecule has 130 valence electrons. The molecule has 1 fully saturated rings. The fourth-order valence-electron chi connectivity index (χ4n) is 3.39. The summed E-state index contributed by atoms with van der Waals surface area (Å²) < 4.78 is 38.9. The highest BCUT2D eigenvalue weighted by atomic mass is 19.4. The number of rotatable bonds is 3. The van der Waals surface area contributed by atoms with Gasteiger partial charge in [-0.1, -0.05) is 30.3 Å². The largest absolute Gasteiger partial charge is 0.416 e. The predicted octanol–water partition coefficient (Wildman–Crippen LogP) is 5.04. The lowest BCUT2D eigenvalue weighted by molar-refractivity contribution is -0.137. The average molecular weight is 344 g/mol. The summed E-state index contributed by atoms with van der Waals surface area (Å²) in [5.74, 6) is 0.523. The third-order valence-electron chi connectivity index (χ3n) is 4.77. The zero-order valence-corrected chi connectivity index (χ0v) is 13.8. The minimum atomic E-state index is -4.39. The van der Waals surface area contributed by atoms with Crippen molar-refractivity contribution in [2.75, 3.05) is 18.0 Å². The van der Waals surface area contributed by atoms with Crippen molar-refractivity contribution in [2.45, 2.75) is 25.4 Å². The van der Waals surface area contributed by atoms with Gasteiger partial charge in [0, 0.05) is 13.1 Å². The Morgan fingerprint density at radius 1 is 1.04 bits per heavy atom. The van der Waals surface area contributed by atoms with Crippen molar-refractivity contribution in [3.05, 3.63) is 65.2 Å². The number of hydrogen-bond donors (Lipinski definition) is 0. The van der Waals surface area contributed by atoms with Gasteiger partial charge in [-0.05, 0) is 48.9 Å². The van der Waals surface area contributed by atoms with Gasteiger partial charge in [-0.25, -0.2) is 0 Å². The molecule has 3 rings (SSSR count). The molecule has 0 unspecified atom stereocenters. The van der Waals surface area contributed by atoms with Crippen LogP contribution in [0.25, 0.3) is 0 Å². The fourth-order valence-corrected chi connectivity index (χ4v) is 3.39. The molecule has 0 aliphatic carbocycles. The number of benzene rings is 2. The third-order valence-corrected chi connectivity index (χ3v) is 4.77. The minimum absolute atomic E-state index is 0.300. The second-order valence-electron chi connectivity index (χ2n) is 6.46. The summed E-state index contributed by atoms with van der Waals surface area (Å²) in [6.45, 7) is 1.35. The van der Waals surface area contributed by atoms with Crippen molar-refractivity contribution < 1.29 is 13.2 Å². The molecular formula is C20H19F3N2. The van der Waals surface area contributed by atoms with E-state index in [2.05, 4.69) is 12.1 Å². The van der Waals surface area contributed by atoms with Crippen molar-refractivity contribution >= 4 is 5.69 Å². The Labute approximate surface area is 145 Å². The van der Waals surface area contributed by atoms with E-state index in [4.69, 9.17) is 0 Å². The molecule has 2 aromatic rings. The molecule has 1 heterocycles. The van der Waals surface area contributed by atoms with E-state index in [-0.39, 0.29) is 0 Å². The molecule has 0 bridgehead atoms. The molecule has 25 heavy (non-hydrogen) atoms. The molecule has 0 spiro atoms. The van der Waals surface area contributed by atoms with Crippen LogP contribution in [0.2, 0.25) is 0 Å². The summed E-state index contributed by atoms with van der Waals surface area (Å²) in [5, 5.41) is 9.23. The topological polar surface area (TPSA) is 27.0 Å². The number of piperidine rings is 1. The molecule has 5 heteroatoms. The maximum Gasteiger partial charge on any atom is 0.416 e. The number of hydrogen-bond acceptors (Lipinski definition) is 2. The van der Waals surface area contributed by atoms with Gasteiger partial charge in [0.1, 0.15) is 6.07 Å². The van der Waals surface area contributed by atoms with Gasteiger partial charge in [-0.2, -0.15) is 18.4 Å². The summed E-state index contributed by atoms with van der Waals surface area (Å²) in [6, 6.07) is 15.6. The monoisotopic (exact) mass is 344 g/mol. The number of anilines is 1. The molecule has 0 saturated carbocycles. The van der Waals surface area contributed by atoms with E-state index in [0.717, 1.165) is 31.4 Å². The number of nitriles is 1. The van der Waals surface area contributed by atoms with E-state index >= 15 is 0 Å². The molecule has 0 radical (unpaired) electrons. The van der Waals surface area contributed by atoms with Gasteiger partial charge >= 0.3 is 6.18 Å². The van der Waals surface area contributed by atoms with E-state index in [1.165, 1.54) is 11.6 Å². The Morgan fingerprint density at radius 2 is 1.72 bits per heavy atom. The van der Waals surface area contributed by atoms with Gasteiger partial charge in [0.2, 0.25) is 0 Å². The highest BCUT2D eigenvalue weighted by Gasteiger charge is 2.32. The average Bonchev–Trinajstić information content (AvgIpc) is 2.62. The van der Waals surface area contributed by atoms with Crippen molar-refractivity contribution in [3.8, 4) is 6.07 Å². The van der Waals surface area contributed by atoms with Gasteiger partial charge in [0.15, 0.2) is 0 Å². The Bertz CT molecular complexity index is 755. The number of alkyl halides is 3. The van der Waals surface area contributed by atoms with Crippen LogP contribution in [0.3, 0.4) is 0 Å². The highest BCUT2D eigenvalue weighted by Crippen LogP contribution is 2.35. The lowest BCUT2D eigenvalue weighted by Gasteiger charge is -2.34. The molecule has 1 aliphatic heterocycles. The molecular weight excluding hydrogens is 325 g/mol. The van der Waals surface area contributed by atoms with E-state index in [9.17, 15) is 18.4 Å². The first-order valence-electron chi connectivity index (χ1n) is 8.37. The van der Waals surface area contributed by atoms with Crippen LogP contribution >= 0.6 is 0 Å². The molecule has 2 aromatic carbocycles. The summed E-state index contributed by atoms with van der Waals surface area (Å²) in [4.78, 5) is 1.91. The molecule has 0 atom stereocenters. The minimum Gasteiger partial charge on any atom is -0.370 e. The standard InChI is InChI=1S/C20H19F3N2/c21-20(22,23)18-7-6-17(14-24)19(13-18)25-10-8-16(9-11-25)12-15-4-2-1-3-5-15/h1-7,13,16H,8-12H2. The van der Waals surface area contributed by atoms with Crippen LogP contribution in [0.15, 0.2) is 48.5 Å². The second kappa shape index (κ2) is 7.18. The summed E-state index contributed by atoms with van der Waals surface area (Å²) in [6.07, 6.45) is -1.58. The third kappa shape index (κ3) is 4.14. The Kier molecular flexibility index (Phi) is 4.98. The van der Waals surface area contributed by atoms with Crippen LogP contribution in [0.4, 0.5) is 18.9 Å². The SMILES string of the molecule is N#Cc1ccc(C(F)(F)F)cc1N1CCC(Cc2ccccc2)CC1. The molecule has 0 amide bonds. The first kappa shape index (κ1) is 17.3. The van der Waals surface area contributed by atoms with E-state index in [1.807, 2.05) is 29.2 Å². The smallest absolute Gasteiger partial charge is 0.370 e. The first-order chi connectivity index (χ1) is 12.0. The number of nitrogens with zero attached hydrogens (tertiary/aromatic N) is 2. The Morgan fingerprint density at radius 3 is 2.32 bits per heavy atom. The van der Waals surface area contributed by atoms with Gasteiger partial charge in [-0.3, -0.25) is 0 Å². The summed E-state index contributed by atoms with van der Waals surface area (Å²) in [7, 11) is 0. The van der Waals surface area contributed by atoms with Gasteiger partial charge in [0.25, 0.3) is 0 Å². The quantitative estimate of drug-likeness (QED) is 0.780. The Balaban J connectivity index is 1.71. The van der Waals surface area contributed by atoms with Crippen LogP contribution in [0.5, 0.6) is 0 Å². The second-order valence-corrected chi connectivity index (χ2v) is 6.46. The Hall–Kier alpha value is -2.48. The van der Waals surface area contributed by atoms with Crippen molar-refractivity contribution in [1.29, 1.82) is 5.26 Å². The van der Waals surface area contributed by atoms with E-state index < -0.39 is 11.7 Å². The predicted molar refractivity (Wildman–Crippen MR) is 91.2 cm³/mol. The van der Waals surface area contributed by atoms with Crippen molar-refractivity contribution in [3.63, 3.8) is 0 Å².